The SMILES string of the molecule is CN(CCCCCCN/C(=C\[N+](=O)[O-])NCCSCc1csc(N=C(N)N)n1)CCC(c1ccc(Cl)cc1)c1ccccn1. The number of pyridine rings is 1. The summed E-state index contributed by atoms with van der Waals surface area (Å²) < 4.78 is 0. The fraction of sp³-hybridized carbons (Fsp3) is 0.433. The van der Waals surface area contributed by atoms with E-state index in [1.165, 1.54) is 16.9 Å². The van der Waals surface area contributed by atoms with Gasteiger partial charge in [0.1, 0.15) is 0 Å². The number of unbranched alkanes of at least 4 members (excludes halogenated alkanes) is 3. The van der Waals surface area contributed by atoms with E-state index < -0.39 is 4.92 Å². The van der Waals surface area contributed by atoms with E-state index in [-0.39, 0.29) is 11.9 Å². The first kappa shape index (κ1) is 35.1. The Morgan fingerprint density at radius 1 is 1.14 bits per heavy atom. The predicted molar refractivity (Wildman–Crippen MR) is 183 cm³/mol. The fourth-order valence-electron chi connectivity index (χ4n) is 4.53. The van der Waals surface area contributed by atoms with Crippen LogP contribution in [-0.2, 0) is 5.75 Å². The minimum absolute atomic E-state index is 0.0133. The molecule has 1 unspecified atom stereocenters. The van der Waals surface area contributed by atoms with Crippen molar-refractivity contribution < 1.29 is 4.92 Å². The van der Waals surface area contributed by atoms with Gasteiger partial charge in [-0.25, -0.2) is 4.98 Å². The van der Waals surface area contributed by atoms with Crippen LogP contribution < -0.4 is 22.1 Å². The average molecular weight is 660 g/mol. The topological polar surface area (TPSA) is 161 Å². The molecule has 6 N–H and O–H groups in total. The number of nitrogens with zero attached hydrogens (tertiary/aromatic N) is 5. The second-order valence-corrected chi connectivity index (χ2v) is 12.6. The van der Waals surface area contributed by atoms with Crippen molar-refractivity contribution in [1.29, 1.82) is 0 Å². The Morgan fingerprint density at radius 2 is 1.91 bits per heavy atom. The third-order valence-corrected chi connectivity index (χ3v) is 8.74. The molecule has 0 radical (unpaired) electrons. The fourth-order valence-corrected chi connectivity index (χ4v) is 6.21. The number of benzene rings is 1. The quantitative estimate of drug-likeness (QED) is 0.0388. The Labute approximate surface area is 272 Å². The van der Waals surface area contributed by atoms with E-state index in [0.717, 1.165) is 73.6 Å². The van der Waals surface area contributed by atoms with Crippen molar-refractivity contribution in [3.8, 4) is 0 Å². The lowest BCUT2D eigenvalue weighted by atomic mass is 9.92. The summed E-state index contributed by atoms with van der Waals surface area (Å²) in [6, 6.07) is 14.1. The van der Waals surface area contributed by atoms with E-state index in [0.29, 0.717) is 29.8 Å². The smallest absolute Gasteiger partial charge is 0.274 e. The van der Waals surface area contributed by atoms with Gasteiger partial charge in [-0.15, -0.1) is 11.3 Å². The molecule has 0 aliphatic heterocycles. The molecule has 0 amide bonds. The van der Waals surface area contributed by atoms with E-state index in [1.807, 2.05) is 35.8 Å². The van der Waals surface area contributed by atoms with Crippen molar-refractivity contribution in [2.45, 2.75) is 43.8 Å². The Kier molecular flexibility index (Phi) is 15.8. The van der Waals surface area contributed by atoms with Gasteiger partial charge in [-0.1, -0.05) is 42.6 Å². The Morgan fingerprint density at radius 3 is 2.64 bits per heavy atom. The summed E-state index contributed by atoms with van der Waals surface area (Å²) in [7, 11) is 2.17. The van der Waals surface area contributed by atoms with Crippen molar-refractivity contribution in [3.05, 3.63) is 98.2 Å². The summed E-state index contributed by atoms with van der Waals surface area (Å²) in [5.74, 6) is 2.12. The lowest BCUT2D eigenvalue weighted by Gasteiger charge is -2.22. The first-order chi connectivity index (χ1) is 21.3. The van der Waals surface area contributed by atoms with Gasteiger partial charge in [0.25, 0.3) is 6.20 Å². The molecular weight excluding hydrogens is 618 g/mol. The molecule has 11 nitrogen and oxygen atoms in total. The summed E-state index contributed by atoms with van der Waals surface area (Å²) in [6.07, 6.45) is 8.01. The summed E-state index contributed by atoms with van der Waals surface area (Å²) in [6.45, 7) is 3.25. The highest BCUT2D eigenvalue weighted by molar-refractivity contribution is 7.98. The highest BCUT2D eigenvalue weighted by Gasteiger charge is 2.16. The number of nitrogens with one attached hydrogen (secondary N) is 2. The van der Waals surface area contributed by atoms with Gasteiger partial charge in [0.2, 0.25) is 5.13 Å². The molecule has 0 saturated heterocycles. The monoisotopic (exact) mass is 659 g/mol. The zero-order valence-corrected chi connectivity index (χ0v) is 27.4. The summed E-state index contributed by atoms with van der Waals surface area (Å²) in [5.41, 5.74) is 14.0. The molecule has 44 heavy (non-hydrogen) atoms. The van der Waals surface area contributed by atoms with Gasteiger partial charge < -0.3 is 27.0 Å². The number of guanidine groups is 1. The number of rotatable bonds is 21. The van der Waals surface area contributed by atoms with Crippen molar-refractivity contribution in [2.75, 3.05) is 39.0 Å². The lowest BCUT2D eigenvalue weighted by Crippen LogP contribution is -2.29. The number of aliphatic imine (C=N–C) groups is 1. The van der Waals surface area contributed by atoms with Crippen molar-refractivity contribution in [3.63, 3.8) is 0 Å². The molecule has 2 aromatic heterocycles. The largest absolute Gasteiger partial charge is 0.370 e. The van der Waals surface area contributed by atoms with Crippen LogP contribution in [0.3, 0.4) is 0 Å². The van der Waals surface area contributed by atoms with Gasteiger partial charge in [-0.2, -0.15) is 16.8 Å². The molecule has 14 heteroatoms. The number of aromatic nitrogens is 2. The second-order valence-electron chi connectivity index (χ2n) is 10.3. The third kappa shape index (κ3) is 13.9. The number of hydrogen-bond acceptors (Lipinski definition) is 10. The molecule has 2 heterocycles. The molecule has 0 aliphatic carbocycles. The van der Waals surface area contributed by atoms with Gasteiger partial charge in [0.15, 0.2) is 11.8 Å². The molecular formula is C30H42ClN9O2S2. The molecule has 1 aromatic carbocycles. The van der Waals surface area contributed by atoms with Crippen LogP contribution in [0.4, 0.5) is 5.13 Å². The van der Waals surface area contributed by atoms with E-state index in [1.54, 1.807) is 11.8 Å². The Balaban J connectivity index is 1.28. The maximum Gasteiger partial charge on any atom is 0.274 e. The predicted octanol–water partition coefficient (Wildman–Crippen LogP) is 5.30. The number of thioether (sulfide) groups is 1. The van der Waals surface area contributed by atoms with Crippen molar-refractivity contribution >= 4 is 45.8 Å². The van der Waals surface area contributed by atoms with Gasteiger partial charge in [-0.05, 0) is 69.2 Å². The Bertz CT molecular complexity index is 1320. The van der Waals surface area contributed by atoms with E-state index in [4.69, 9.17) is 23.1 Å². The molecule has 1 atom stereocenters. The van der Waals surface area contributed by atoms with Crippen LogP contribution in [0.1, 0.15) is 55.0 Å². The van der Waals surface area contributed by atoms with Gasteiger partial charge >= 0.3 is 0 Å². The number of hydrogen-bond donors (Lipinski definition) is 4. The maximum atomic E-state index is 11.1. The Hall–Kier alpha value is -3.39. The summed E-state index contributed by atoms with van der Waals surface area (Å²) in [4.78, 5) is 25.9. The van der Waals surface area contributed by atoms with Crippen LogP contribution in [0.15, 0.2) is 71.1 Å². The highest BCUT2D eigenvalue weighted by Crippen LogP contribution is 2.28. The molecule has 0 spiro atoms. The zero-order chi connectivity index (χ0) is 31.6. The van der Waals surface area contributed by atoms with Crippen molar-refractivity contribution in [2.24, 2.45) is 16.5 Å². The van der Waals surface area contributed by atoms with E-state index >= 15 is 0 Å². The van der Waals surface area contributed by atoms with Crippen LogP contribution >= 0.6 is 34.7 Å². The van der Waals surface area contributed by atoms with E-state index in [9.17, 15) is 10.1 Å². The molecule has 0 fully saturated rings. The lowest BCUT2D eigenvalue weighted by molar-refractivity contribution is -0.404. The minimum Gasteiger partial charge on any atom is -0.370 e. The number of halogens is 1. The molecule has 3 rings (SSSR count). The molecule has 238 valence electrons. The first-order valence-corrected chi connectivity index (χ1v) is 17.0. The molecule has 0 aliphatic rings. The zero-order valence-electron chi connectivity index (χ0n) is 25.0. The maximum absolute atomic E-state index is 11.1. The summed E-state index contributed by atoms with van der Waals surface area (Å²) in [5, 5.41) is 20.6. The standard InChI is InChI=1S/C30H42ClN9O2S2/c1-39(18-13-26(27-8-4-6-14-34-27)23-9-11-24(31)12-10-23)17-7-3-2-5-15-35-28(20-40(41)42)36-16-19-43-21-25-22-44-30(37-25)38-29(32)33/h4,6,8-12,14,20,22,26,35-36H,2-3,5,7,13,15-19,21H2,1H3,(H4,32,33,37,38)/b28-20+. The van der Waals surface area contributed by atoms with Gasteiger partial charge in [0, 0.05) is 52.8 Å². The average Bonchev–Trinajstić information content (AvgIpc) is 3.43. The van der Waals surface area contributed by atoms with Crippen LogP contribution in [-0.4, -0.2) is 64.7 Å². The third-order valence-electron chi connectivity index (χ3n) is 6.71. The van der Waals surface area contributed by atoms with Crippen LogP contribution in [0.2, 0.25) is 5.02 Å². The molecule has 3 aromatic rings. The minimum atomic E-state index is -0.440. The van der Waals surface area contributed by atoms with Crippen LogP contribution in [0, 0.1) is 10.1 Å². The van der Waals surface area contributed by atoms with Gasteiger partial charge in [0.05, 0.1) is 10.6 Å². The molecule has 0 bridgehead atoms. The normalized spacial score (nSPS) is 12.2. The van der Waals surface area contributed by atoms with Crippen molar-refractivity contribution in [1.82, 2.24) is 25.5 Å². The first-order valence-electron chi connectivity index (χ1n) is 14.6. The number of nitro groups is 1. The molecule has 0 saturated carbocycles. The number of thiazole rings is 1. The van der Waals surface area contributed by atoms with Crippen LogP contribution in [0.25, 0.3) is 0 Å². The number of nitrogens with two attached hydrogens (primary N) is 2. The second kappa shape index (κ2) is 19.8. The van der Waals surface area contributed by atoms with E-state index in [2.05, 4.69) is 55.7 Å². The van der Waals surface area contributed by atoms with Gasteiger partial charge in [-0.3, -0.25) is 15.1 Å². The van der Waals surface area contributed by atoms with Crippen LogP contribution in [0.5, 0.6) is 0 Å². The highest BCUT2D eigenvalue weighted by atomic mass is 35.5. The summed E-state index contributed by atoms with van der Waals surface area (Å²) >= 11 is 9.17.